The third-order valence-corrected chi connectivity index (χ3v) is 12.4. The van der Waals surface area contributed by atoms with Gasteiger partial charge in [0.25, 0.3) is 5.91 Å². The standard InChI is InChI=1S/C33H44N2O2/c1-20(2)27-3-5-28(6-4-27)33(30(37)34-31-13-21-7-22(14-31)9-23(8-21)15-31)19-29(36)35(33)32-16-24-10-25(17-32)12-26(11-24)18-32/h3-6,20-26H,7-19H2,1-2H3,(H,34,37). The van der Waals surface area contributed by atoms with Gasteiger partial charge in [0.15, 0.2) is 5.54 Å². The van der Waals surface area contributed by atoms with E-state index < -0.39 is 5.54 Å². The summed E-state index contributed by atoms with van der Waals surface area (Å²) in [5.41, 5.74) is 1.37. The van der Waals surface area contributed by atoms with Gasteiger partial charge >= 0.3 is 0 Å². The van der Waals surface area contributed by atoms with Crippen molar-refractivity contribution in [1.82, 2.24) is 10.2 Å². The Morgan fingerprint density at radius 3 is 1.68 bits per heavy atom. The monoisotopic (exact) mass is 500 g/mol. The van der Waals surface area contributed by atoms with Gasteiger partial charge in [0.1, 0.15) is 0 Å². The molecule has 0 aromatic heterocycles. The highest BCUT2D eigenvalue weighted by atomic mass is 16.2. The SMILES string of the molecule is CC(C)c1ccc(C2(C(=O)NC34CC5CC(CC(C5)C3)C4)CC(=O)N2C23CC4CC(CC(C4)C2)C3)cc1. The van der Waals surface area contributed by atoms with Gasteiger partial charge in [-0.1, -0.05) is 38.1 Å². The first-order valence-electron chi connectivity index (χ1n) is 15.5. The van der Waals surface area contributed by atoms with Crippen molar-refractivity contribution in [2.45, 2.75) is 120 Å². The molecule has 198 valence electrons. The van der Waals surface area contributed by atoms with Crippen molar-refractivity contribution < 1.29 is 9.59 Å². The largest absolute Gasteiger partial charge is 0.348 e. The first kappa shape index (κ1) is 23.1. The Morgan fingerprint density at radius 2 is 1.24 bits per heavy atom. The Hall–Kier alpha value is -1.84. The van der Waals surface area contributed by atoms with Crippen molar-refractivity contribution in [1.29, 1.82) is 0 Å². The van der Waals surface area contributed by atoms with Gasteiger partial charge in [-0.3, -0.25) is 9.59 Å². The highest BCUT2D eigenvalue weighted by Gasteiger charge is 2.68. The minimum absolute atomic E-state index is 0.0392. The smallest absolute Gasteiger partial charge is 0.251 e. The van der Waals surface area contributed by atoms with E-state index >= 15 is 0 Å². The molecule has 4 heteroatoms. The van der Waals surface area contributed by atoms with E-state index in [0.717, 1.165) is 79.6 Å². The number of hydrogen-bond acceptors (Lipinski definition) is 2. The number of hydrogen-bond donors (Lipinski definition) is 1. The second-order valence-corrected chi connectivity index (χ2v) is 15.3. The van der Waals surface area contributed by atoms with Crippen LogP contribution in [0.3, 0.4) is 0 Å². The first-order valence-corrected chi connectivity index (χ1v) is 15.5. The summed E-state index contributed by atoms with van der Waals surface area (Å²) in [5, 5.41) is 3.75. The molecular weight excluding hydrogens is 456 g/mol. The molecule has 1 aromatic carbocycles. The van der Waals surface area contributed by atoms with E-state index in [1.165, 1.54) is 44.1 Å². The van der Waals surface area contributed by atoms with Crippen molar-refractivity contribution in [2.24, 2.45) is 35.5 Å². The summed E-state index contributed by atoms with van der Waals surface area (Å²) in [7, 11) is 0. The molecule has 8 bridgehead atoms. The zero-order valence-electron chi connectivity index (χ0n) is 22.8. The van der Waals surface area contributed by atoms with Crippen molar-refractivity contribution in [3.63, 3.8) is 0 Å². The van der Waals surface area contributed by atoms with E-state index in [9.17, 15) is 9.59 Å². The lowest BCUT2D eigenvalue weighted by atomic mass is 9.50. The van der Waals surface area contributed by atoms with Gasteiger partial charge in [-0.25, -0.2) is 0 Å². The number of β-lactam (4-membered cyclic amide) rings is 1. The summed E-state index contributed by atoms with van der Waals surface area (Å²) in [5.74, 6) is 5.40. The van der Waals surface area contributed by atoms with Crippen LogP contribution in [0.5, 0.6) is 0 Å². The molecule has 1 saturated heterocycles. The quantitative estimate of drug-likeness (QED) is 0.483. The third kappa shape index (κ3) is 3.26. The number of carbonyl (C=O) groups excluding carboxylic acids is 2. The van der Waals surface area contributed by atoms with E-state index in [2.05, 4.69) is 48.3 Å². The number of nitrogens with zero attached hydrogens (tertiary/aromatic N) is 1. The average Bonchev–Trinajstić information content (AvgIpc) is 2.80. The van der Waals surface area contributed by atoms with Gasteiger partial charge in [-0.05, 0) is 130 Å². The number of nitrogens with one attached hydrogen (secondary N) is 1. The molecular formula is C33H44N2O2. The Bertz CT molecular complexity index is 1060. The van der Waals surface area contributed by atoms with E-state index in [1.54, 1.807) is 0 Å². The fourth-order valence-corrected chi connectivity index (χ4v) is 11.8. The van der Waals surface area contributed by atoms with E-state index in [1.807, 2.05) is 0 Å². The van der Waals surface area contributed by atoms with Crippen LogP contribution in [0.1, 0.15) is 114 Å². The molecule has 8 saturated carbocycles. The molecule has 2 amide bonds. The molecule has 10 rings (SSSR count). The first-order chi connectivity index (χ1) is 17.8. The second kappa shape index (κ2) is 7.63. The molecule has 9 aliphatic rings. The van der Waals surface area contributed by atoms with Crippen LogP contribution >= 0.6 is 0 Å². The van der Waals surface area contributed by atoms with E-state index in [-0.39, 0.29) is 22.9 Å². The van der Waals surface area contributed by atoms with Crippen LogP contribution in [0, 0.1) is 35.5 Å². The predicted octanol–water partition coefficient (Wildman–Crippen LogP) is 6.29. The fraction of sp³-hybridized carbons (Fsp3) is 0.758. The van der Waals surface area contributed by atoms with Gasteiger partial charge in [-0.15, -0.1) is 0 Å². The molecule has 1 heterocycles. The zero-order valence-corrected chi connectivity index (χ0v) is 22.8. The fourth-order valence-electron chi connectivity index (χ4n) is 11.8. The molecule has 9 fully saturated rings. The highest BCUT2D eigenvalue weighted by Crippen LogP contribution is 2.63. The Morgan fingerprint density at radius 1 is 0.784 bits per heavy atom. The van der Waals surface area contributed by atoms with Gasteiger partial charge in [-0.2, -0.15) is 0 Å². The predicted molar refractivity (Wildman–Crippen MR) is 144 cm³/mol. The Labute approximate surface area is 222 Å². The molecule has 1 N–H and O–H groups in total. The number of carbonyl (C=O) groups is 2. The van der Waals surface area contributed by atoms with E-state index in [0.29, 0.717) is 12.3 Å². The molecule has 1 aliphatic heterocycles. The van der Waals surface area contributed by atoms with Gasteiger partial charge in [0.05, 0.1) is 6.42 Å². The van der Waals surface area contributed by atoms with Gasteiger partial charge < -0.3 is 10.2 Å². The van der Waals surface area contributed by atoms with Crippen LogP contribution in [0.2, 0.25) is 0 Å². The number of benzene rings is 1. The van der Waals surface area contributed by atoms with Crippen molar-refractivity contribution in [3.05, 3.63) is 35.4 Å². The van der Waals surface area contributed by atoms with Crippen LogP contribution in [-0.4, -0.2) is 27.8 Å². The second-order valence-electron chi connectivity index (χ2n) is 15.3. The van der Waals surface area contributed by atoms with Crippen LogP contribution in [0.15, 0.2) is 24.3 Å². The maximum Gasteiger partial charge on any atom is 0.251 e. The minimum Gasteiger partial charge on any atom is -0.348 e. The van der Waals surface area contributed by atoms with Gasteiger partial charge in [0, 0.05) is 11.1 Å². The summed E-state index contributed by atoms with van der Waals surface area (Å²) in [6.45, 7) is 4.44. The zero-order chi connectivity index (χ0) is 25.2. The van der Waals surface area contributed by atoms with Crippen molar-refractivity contribution in [3.8, 4) is 0 Å². The maximum absolute atomic E-state index is 14.8. The molecule has 4 nitrogen and oxygen atoms in total. The lowest BCUT2D eigenvalue weighted by molar-refractivity contribution is -0.201. The molecule has 37 heavy (non-hydrogen) atoms. The summed E-state index contributed by atoms with van der Waals surface area (Å²) in [6, 6.07) is 8.80. The molecule has 0 spiro atoms. The normalized spacial score (nSPS) is 47.0. The highest BCUT2D eigenvalue weighted by molar-refractivity contribution is 6.03. The van der Waals surface area contributed by atoms with Crippen LogP contribution < -0.4 is 5.32 Å². The molecule has 1 atom stereocenters. The molecule has 1 aromatic rings. The Balaban J connectivity index is 1.19. The lowest BCUT2D eigenvalue weighted by Gasteiger charge is -2.67. The minimum atomic E-state index is -0.832. The molecule has 8 aliphatic carbocycles. The summed E-state index contributed by atoms with van der Waals surface area (Å²) < 4.78 is 0. The molecule has 1 unspecified atom stereocenters. The van der Waals surface area contributed by atoms with Crippen LogP contribution in [-0.2, 0) is 15.1 Å². The van der Waals surface area contributed by atoms with Gasteiger partial charge in [0.2, 0.25) is 5.91 Å². The topological polar surface area (TPSA) is 49.4 Å². The summed E-state index contributed by atoms with van der Waals surface area (Å²) in [4.78, 5) is 30.7. The molecule has 0 radical (unpaired) electrons. The third-order valence-electron chi connectivity index (χ3n) is 12.4. The van der Waals surface area contributed by atoms with Crippen molar-refractivity contribution >= 4 is 11.8 Å². The van der Waals surface area contributed by atoms with Crippen molar-refractivity contribution in [2.75, 3.05) is 0 Å². The average molecular weight is 501 g/mol. The number of rotatable bonds is 5. The summed E-state index contributed by atoms with van der Waals surface area (Å²) >= 11 is 0. The number of amides is 2. The lowest BCUT2D eigenvalue weighted by Crippen LogP contribution is -2.78. The summed E-state index contributed by atoms with van der Waals surface area (Å²) in [6.07, 6.45) is 15.3. The Kier molecular flexibility index (Phi) is 4.76. The van der Waals surface area contributed by atoms with Crippen LogP contribution in [0.25, 0.3) is 0 Å². The van der Waals surface area contributed by atoms with E-state index in [4.69, 9.17) is 0 Å². The van der Waals surface area contributed by atoms with Crippen LogP contribution in [0.4, 0.5) is 0 Å². The number of likely N-dealkylation sites (tertiary alicyclic amines) is 1. The maximum atomic E-state index is 14.8.